The van der Waals surface area contributed by atoms with Gasteiger partial charge in [-0.15, -0.1) is 0 Å². The Kier molecular flexibility index (Phi) is 5.22. The average molecular weight is 371 g/mol. The maximum absolute atomic E-state index is 11.8. The highest BCUT2D eigenvalue weighted by Crippen LogP contribution is 2.33. The van der Waals surface area contributed by atoms with Crippen molar-refractivity contribution in [1.82, 2.24) is 20.0 Å². The van der Waals surface area contributed by atoms with E-state index in [4.69, 9.17) is 9.26 Å². The summed E-state index contributed by atoms with van der Waals surface area (Å²) in [5.41, 5.74) is 0.858. The van der Waals surface area contributed by atoms with Crippen LogP contribution in [0, 0.1) is 0 Å². The number of ether oxygens (including phenoxy) is 1. The molecule has 4 rings (SSSR count). The van der Waals surface area contributed by atoms with Gasteiger partial charge in [-0.1, -0.05) is 18.0 Å². The fourth-order valence-corrected chi connectivity index (χ4v) is 3.73. The summed E-state index contributed by atoms with van der Waals surface area (Å²) in [6.45, 7) is 4.97. The number of aromatic nitrogens is 3. The lowest BCUT2D eigenvalue weighted by molar-refractivity contribution is 0.105. The predicted octanol–water partition coefficient (Wildman–Crippen LogP) is 3.07. The van der Waals surface area contributed by atoms with Gasteiger partial charge in [0.1, 0.15) is 5.82 Å². The second kappa shape index (κ2) is 7.94. The van der Waals surface area contributed by atoms with E-state index < -0.39 is 0 Å². The van der Waals surface area contributed by atoms with Gasteiger partial charge in [-0.2, -0.15) is 4.98 Å². The van der Waals surface area contributed by atoms with E-state index in [0.29, 0.717) is 31.4 Å². The molecule has 1 amide bonds. The minimum Gasteiger partial charge on any atom is -0.450 e. The third-order valence-corrected chi connectivity index (χ3v) is 5.28. The standard InChI is InChI=1S/C19H25N5O3/c1-2-26-19(25)24-11-9-23(10-12-24)16-8-7-15(13-20-16)17-21-18(27-22-17)14-5-3-4-6-14/h7-8,13-14H,2-6,9-12H2,1H3. The van der Waals surface area contributed by atoms with Crippen molar-refractivity contribution in [2.75, 3.05) is 37.7 Å². The van der Waals surface area contributed by atoms with E-state index in [1.807, 2.05) is 19.1 Å². The molecule has 1 saturated carbocycles. The Hall–Kier alpha value is -2.64. The van der Waals surface area contributed by atoms with Crippen LogP contribution in [0.5, 0.6) is 0 Å². The van der Waals surface area contributed by atoms with E-state index >= 15 is 0 Å². The number of piperazine rings is 1. The average Bonchev–Trinajstić information content (AvgIpc) is 3.40. The summed E-state index contributed by atoms with van der Waals surface area (Å²) in [7, 11) is 0. The summed E-state index contributed by atoms with van der Waals surface area (Å²) in [6.07, 6.45) is 6.30. The van der Waals surface area contributed by atoms with E-state index in [1.165, 1.54) is 12.8 Å². The van der Waals surface area contributed by atoms with Crippen LogP contribution in [0.15, 0.2) is 22.9 Å². The zero-order chi connectivity index (χ0) is 18.6. The van der Waals surface area contributed by atoms with Crippen LogP contribution < -0.4 is 4.90 Å². The van der Waals surface area contributed by atoms with Crippen LogP contribution in [0.25, 0.3) is 11.4 Å². The second-order valence-electron chi connectivity index (χ2n) is 7.02. The quantitative estimate of drug-likeness (QED) is 0.816. The molecule has 8 heteroatoms. The van der Waals surface area contributed by atoms with Gasteiger partial charge in [0.2, 0.25) is 11.7 Å². The van der Waals surface area contributed by atoms with E-state index in [-0.39, 0.29) is 6.09 Å². The number of hydrogen-bond acceptors (Lipinski definition) is 7. The number of nitrogens with zero attached hydrogens (tertiary/aromatic N) is 5. The Balaban J connectivity index is 1.37. The molecule has 0 aromatic carbocycles. The fourth-order valence-electron chi connectivity index (χ4n) is 3.73. The Morgan fingerprint density at radius 1 is 1.22 bits per heavy atom. The number of amides is 1. The molecule has 27 heavy (non-hydrogen) atoms. The molecule has 2 aromatic rings. The van der Waals surface area contributed by atoms with E-state index in [9.17, 15) is 4.79 Å². The Morgan fingerprint density at radius 2 is 2.00 bits per heavy atom. The first-order chi connectivity index (χ1) is 13.2. The van der Waals surface area contributed by atoms with Crippen molar-refractivity contribution >= 4 is 11.9 Å². The third-order valence-electron chi connectivity index (χ3n) is 5.28. The fraction of sp³-hybridized carbons (Fsp3) is 0.579. The zero-order valence-corrected chi connectivity index (χ0v) is 15.6. The van der Waals surface area contributed by atoms with E-state index in [1.54, 1.807) is 11.1 Å². The summed E-state index contributed by atoms with van der Waals surface area (Å²) >= 11 is 0. The van der Waals surface area contributed by atoms with Gasteiger partial charge < -0.3 is 19.1 Å². The number of pyridine rings is 1. The van der Waals surface area contributed by atoms with E-state index in [0.717, 1.165) is 43.2 Å². The molecule has 2 aliphatic rings. The molecule has 1 aliphatic carbocycles. The number of carbonyl (C=O) groups excluding carboxylic acids is 1. The highest BCUT2D eigenvalue weighted by Gasteiger charge is 2.24. The molecule has 0 N–H and O–H groups in total. The first-order valence-corrected chi connectivity index (χ1v) is 9.71. The SMILES string of the molecule is CCOC(=O)N1CCN(c2ccc(-c3noc(C4CCCC4)n3)cn2)CC1. The lowest BCUT2D eigenvalue weighted by atomic mass is 10.1. The van der Waals surface area contributed by atoms with Gasteiger partial charge in [-0.05, 0) is 31.9 Å². The van der Waals surface area contributed by atoms with Crippen molar-refractivity contribution in [2.45, 2.75) is 38.5 Å². The molecule has 0 radical (unpaired) electrons. The minimum absolute atomic E-state index is 0.240. The van der Waals surface area contributed by atoms with Crippen LogP contribution in [0.1, 0.15) is 44.4 Å². The molecule has 0 unspecified atom stereocenters. The van der Waals surface area contributed by atoms with Crippen molar-refractivity contribution in [1.29, 1.82) is 0 Å². The van der Waals surface area contributed by atoms with Gasteiger partial charge >= 0.3 is 6.09 Å². The molecule has 1 saturated heterocycles. The maximum Gasteiger partial charge on any atom is 0.409 e. The van der Waals surface area contributed by atoms with Crippen LogP contribution in [-0.2, 0) is 4.74 Å². The molecule has 8 nitrogen and oxygen atoms in total. The first-order valence-electron chi connectivity index (χ1n) is 9.71. The molecule has 0 bridgehead atoms. The van der Waals surface area contributed by atoms with Gasteiger partial charge in [0.25, 0.3) is 0 Å². The second-order valence-corrected chi connectivity index (χ2v) is 7.02. The molecule has 2 fully saturated rings. The largest absolute Gasteiger partial charge is 0.450 e. The van der Waals surface area contributed by atoms with Crippen molar-refractivity contribution in [3.8, 4) is 11.4 Å². The van der Waals surface area contributed by atoms with Gasteiger partial charge in [0.05, 0.1) is 6.61 Å². The van der Waals surface area contributed by atoms with Crippen molar-refractivity contribution in [3.05, 3.63) is 24.2 Å². The lowest BCUT2D eigenvalue weighted by Crippen LogP contribution is -2.49. The van der Waals surface area contributed by atoms with Crippen molar-refractivity contribution in [2.24, 2.45) is 0 Å². The number of carbonyl (C=O) groups is 1. The predicted molar refractivity (Wildman–Crippen MR) is 99.5 cm³/mol. The third kappa shape index (κ3) is 3.89. The van der Waals surface area contributed by atoms with Gasteiger partial charge in [0, 0.05) is 43.9 Å². The monoisotopic (exact) mass is 371 g/mol. The normalized spacial score (nSPS) is 18.1. The summed E-state index contributed by atoms with van der Waals surface area (Å²) in [5.74, 6) is 2.65. The van der Waals surface area contributed by atoms with Crippen LogP contribution in [-0.4, -0.2) is 58.9 Å². The van der Waals surface area contributed by atoms with Gasteiger partial charge in [0.15, 0.2) is 0 Å². The number of rotatable bonds is 4. The molecular weight excluding hydrogens is 346 g/mol. The minimum atomic E-state index is -0.240. The zero-order valence-electron chi connectivity index (χ0n) is 15.6. The molecule has 1 aliphatic heterocycles. The van der Waals surface area contributed by atoms with Gasteiger partial charge in [-0.25, -0.2) is 9.78 Å². The summed E-state index contributed by atoms with van der Waals surface area (Å²) in [5, 5.41) is 4.12. The molecule has 144 valence electrons. The Morgan fingerprint density at radius 3 is 2.67 bits per heavy atom. The Bertz CT molecular complexity index is 762. The molecule has 3 heterocycles. The molecule has 0 spiro atoms. The summed E-state index contributed by atoms with van der Waals surface area (Å²) < 4.78 is 10.5. The Labute approximate surface area is 158 Å². The lowest BCUT2D eigenvalue weighted by Gasteiger charge is -2.34. The van der Waals surface area contributed by atoms with Crippen LogP contribution in [0.4, 0.5) is 10.6 Å². The summed E-state index contributed by atoms with van der Waals surface area (Å²) in [6, 6.07) is 3.95. The number of anilines is 1. The van der Waals surface area contributed by atoms with E-state index in [2.05, 4.69) is 20.0 Å². The molecule has 2 aromatic heterocycles. The van der Waals surface area contributed by atoms with Gasteiger partial charge in [-0.3, -0.25) is 0 Å². The smallest absolute Gasteiger partial charge is 0.409 e. The number of hydrogen-bond donors (Lipinski definition) is 0. The van der Waals surface area contributed by atoms with Crippen LogP contribution in [0.2, 0.25) is 0 Å². The topological polar surface area (TPSA) is 84.6 Å². The maximum atomic E-state index is 11.8. The van der Waals surface area contributed by atoms with Crippen molar-refractivity contribution in [3.63, 3.8) is 0 Å². The van der Waals surface area contributed by atoms with Crippen LogP contribution in [0.3, 0.4) is 0 Å². The van der Waals surface area contributed by atoms with Crippen molar-refractivity contribution < 1.29 is 14.1 Å². The molecule has 0 atom stereocenters. The molecular formula is C19H25N5O3. The summed E-state index contributed by atoms with van der Waals surface area (Å²) in [4.78, 5) is 24.8. The highest BCUT2D eigenvalue weighted by atomic mass is 16.6. The first kappa shape index (κ1) is 17.8. The highest BCUT2D eigenvalue weighted by molar-refractivity contribution is 5.68. The van der Waals surface area contributed by atoms with Crippen LogP contribution >= 0.6 is 0 Å².